The van der Waals surface area contributed by atoms with Crippen molar-refractivity contribution in [2.45, 2.75) is 6.92 Å². The first-order chi connectivity index (χ1) is 6.56. The summed E-state index contributed by atoms with van der Waals surface area (Å²) in [6, 6.07) is 2.57. The molecule has 0 aliphatic carbocycles. The quantitative estimate of drug-likeness (QED) is 0.717. The molecule has 2 N–H and O–H groups in total. The standard InChI is InChI=1S/C10H12FNO2/c1-6-3-7(9(14)5-12-2)4-8(13)10(6)11/h3-4,12-13H,5H2,1-2H3. The Bertz CT molecular complexity index is 340. The number of carbonyl (C=O) groups is 1. The van der Waals surface area contributed by atoms with Crippen molar-refractivity contribution in [2.75, 3.05) is 13.6 Å². The number of Topliss-reactive ketones (excluding diaryl/α,β-unsaturated/α-hetero) is 1. The monoisotopic (exact) mass is 197 g/mol. The summed E-state index contributed by atoms with van der Waals surface area (Å²) in [5.41, 5.74) is 0.584. The lowest BCUT2D eigenvalue weighted by Gasteiger charge is -2.04. The predicted octanol–water partition coefficient (Wildman–Crippen LogP) is 1.24. The van der Waals surface area contributed by atoms with Crippen LogP contribution in [0.15, 0.2) is 12.1 Å². The Labute approximate surface area is 81.6 Å². The van der Waals surface area contributed by atoms with Gasteiger partial charge in [-0.1, -0.05) is 0 Å². The zero-order chi connectivity index (χ0) is 10.7. The second kappa shape index (κ2) is 4.19. The van der Waals surface area contributed by atoms with Gasteiger partial charge in [-0.15, -0.1) is 0 Å². The summed E-state index contributed by atoms with van der Waals surface area (Å²) in [6.45, 7) is 1.68. The minimum absolute atomic E-state index is 0.171. The zero-order valence-electron chi connectivity index (χ0n) is 8.10. The van der Waals surface area contributed by atoms with Crippen molar-refractivity contribution in [1.29, 1.82) is 0 Å². The van der Waals surface area contributed by atoms with Crippen LogP contribution in [0.25, 0.3) is 0 Å². The summed E-state index contributed by atoms with van der Waals surface area (Å²) in [5.74, 6) is -1.33. The van der Waals surface area contributed by atoms with E-state index < -0.39 is 11.6 Å². The molecule has 0 aliphatic heterocycles. The SMILES string of the molecule is CNCC(=O)c1cc(C)c(F)c(O)c1. The molecule has 0 heterocycles. The van der Waals surface area contributed by atoms with Crippen LogP contribution in [0.4, 0.5) is 4.39 Å². The van der Waals surface area contributed by atoms with Crippen LogP contribution in [0.3, 0.4) is 0 Å². The van der Waals surface area contributed by atoms with Gasteiger partial charge in [0.05, 0.1) is 6.54 Å². The molecule has 4 heteroatoms. The number of hydrogen-bond donors (Lipinski definition) is 2. The average Bonchev–Trinajstić information content (AvgIpc) is 2.13. The van der Waals surface area contributed by atoms with E-state index in [2.05, 4.69) is 5.32 Å². The summed E-state index contributed by atoms with van der Waals surface area (Å²) in [6.07, 6.45) is 0. The molecule has 1 aromatic rings. The van der Waals surface area contributed by atoms with Crippen LogP contribution in [0, 0.1) is 12.7 Å². The first-order valence-corrected chi connectivity index (χ1v) is 4.23. The number of aryl methyl sites for hydroxylation is 1. The van der Waals surface area contributed by atoms with E-state index in [9.17, 15) is 9.18 Å². The van der Waals surface area contributed by atoms with E-state index in [0.29, 0.717) is 5.56 Å². The molecule has 3 nitrogen and oxygen atoms in total. The van der Waals surface area contributed by atoms with Crippen molar-refractivity contribution in [1.82, 2.24) is 5.32 Å². The third kappa shape index (κ3) is 2.09. The van der Waals surface area contributed by atoms with Gasteiger partial charge in [0, 0.05) is 5.56 Å². The van der Waals surface area contributed by atoms with E-state index >= 15 is 0 Å². The topological polar surface area (TPSA) is 49.3 Å². The molecule has 14 heavy (non-hydrogen) atoms. The van der Waals surface area contributed by atoms with Crippen LogP contribution in [0.5, 0.6) is 5.75 Å². The third-order valence-corrected chi connectivity index (χ3v) is 1.89. The molecule has 0 saturated heterocycles. The Hall–Kier alpha value is -1.42. The highest BCUT2D eigenvalue weighted by Gasteiger charge is 2.11. The predicted molar refractivity (Wildman–Crippen MR) is 51.1 cm³/mol. The van der Waals surface area contributed by atoms with Crippen LogP contribution in [-0.2, 0) is 0 Å². The van der Waals surface area contributed by atoms with E-state index in [1.165, 1.54) is 13.0 Å². The first-order valence-electron chi connectivity index (χ1n) is 4.23. The Balaban J connectivity index is 3.06. The van der Waals surface area contributed by atoms with Crippen molar-refractivity contribution < 1.29 is 14.3 Å². The van der Waals surface area contributed by atoms with Gasteiger partial charge in [-0.3, -0.25) is 4.79 Å². The molecule has 1 rings (SSSR count). The summed E-state index contributed by atoms with van der Waals surface area (Å²) < 4.78 is 13.0. The van der Waals surface area contributed by atoms with Crippen LogP contribution in [-0.4, -0.2) is 24.5 Å². The van der Waals surface area contributed by atoms with E-state index in [0.717, 1.165) is 6.07 Å². The van der Waals surface area contributed by atoms with Crippen LogP contribution in [0.1, 0.15) is 15.9 Å². The Morgan fingerprint density at radius 1 is 1.57 bits per heavy atom. The number of halogens is 1. The molecule has 0 unspecified atom stereocenters. The normalized spacial score (nSPS) is 10.2. The molecule has 0 saturated carbocycles. The molecular formula is C10H12FNO2. The third-order valence-electron chi connectivity index (χ3n) is 1.89. The Morgan fingerprint density at radius 2 is 2.21 bits per heavy atom. The minimum Gasteiger partial charge on any atom is -0.505 e. The molecule has 0 atom stereocenters. The molecule has 0 aliphatic rings. The maximum absolute atomic E-state index is 13.0. The Morgan fingerprint density at radius 3 is 2.71 bits per heavy atom. The fourth-order valence-corrected chi connectivity index (χ4v) is 1.17. The molecule has 0 spiro atoms. The van der Waals surface area contributed by atoms with Crippen molar-refractivity contribution >= 4 is 5.78 Å². The van der Waals surface area contributed by atoms with Crippen molar-refractivity contribution in [3.8, 4) is 5.75 Å². The highest BCUT2D eigenvalue weighted by Crippen LogP contribution is 2.21. The van der Waals surface area contributed by atoms with Gasteiger partial charge in [-0.2, -0.15) is 0 Å². The van der Waals surface area contributed by atoms with E-state index in [1.54, 1.807) is 7.05 Å². The van der Waals surface area contributed by atoms with Crippen molar-refractivity contribution in [3.05, 3.63) is 29.1 Å². The number of ketones is 1. The van der Waals surface area contributed by atoms with E-state index in [4.69, 9.17) is 5.11 Å². The average molecular weight is 197 g/mol. The second-order valence-electron chi connectivity index (χ2n) is 3.08. The summed E-state index contributed by atoms with van der Waals surface area (Å²) >= 11 is 0. The lowest BCUT2D eigenvalue weighted by molar-refractivity contribution is 0.0993. The van der Waals surface area contributed by atoms with Gasteiger partial charge in [-0.25, -0.2) is 4.39 Å². The molecule has 76 valence electrons. The number of nitrogens with one attached hydrogen (secondary N) is 1. The lowest BCUT2D eigenvalue weighted by atomic mass is 10.1. The number of likely N-dealkylation sites (N-methyl/N-ethyl adjacent to an activating group) is 1. The number of benzene rings is 1. The molecule has 0 fully saturated rings. The maximum atomic E-state index is 13.0. The van der Waals surface area contributed by atoms with Gasteiger partial charge in [-0.05, 0) is 31.7 Å². The Kier molecular flexibility index (Phi) is 3.19. The number of phenolic OH excluding ortho intramolecular Hbond substituents is 1. The number of hydrogen-bond acceptors (Lipinski definition) is 3. The molecule has 0 bridgehead atoms. The van der Waals surface area contributed by atoms with Crippen LogP contribution in [0.2, 0.25) is 0 Å². The molecule has 0 radical (unpaired) electrons. The van der Waals surface area contributed by atoms with Crippen molar-refractivity contribution in [2.24, 2.45) is 0 Å². The molecule has 1 aromatic carbocycles. The van der Waals surface area contributed by atoms with Gasteiger partial charge in [0.25, 0.3) is 0 Å². The highest BCUT2D eigenvalue weighted by molar-refractivity contribution is 5.98. The minimum atomic E-state index is -0.675. The van der Waals surface area contributed by atoms with Gasteiger partial charge in [0.2, 0.25) is 0 Å². The van der Waals surface area contributed by atoms with Gasteiger partial charge >= 0.3 is 0 Å². The summed E-state index contributed by atoms with van der Waals surface area (Å²) in [5, 5.41) is 11.8. The summed E-state index contributed by atoms with van der Waals surface area (Å²) in [4.78, 5) is 11.4. The molecule has 0 aromatic heterocycles. The lowest BCUT2D eigenvalue weighted by Crippen LogP contribution is -2.18. The number of carbonyl (C=O) groups excluding carboxylic acids is 1. The second-order valence-corrected chi connectivity index (χ2v) is 3.08. The molecule has 0 amide bonds. The van der Waals surface area contributed by atoms with Gasteiger partial charge < -0.3 is 10.4 Å². The van der Waals surface area contributed by atoms with Gasteiger partial charge in [0.15, 0.2) is 17.3 Å². The zero-order valence-corrected chi connectivity index (χ0v) is 8.10. The summed E-state index contributed by atoms with van der Waals surface area (Å²) in [7, 11) is 1.65. The smallest absolute Gasteiger partial charge is 0.176 e. The highest BCUT2D eigenvalue weighted by atomic mass is 19.1. The molecular weight excluding hydrogens is 185 g/mol. The number of aromatic hydroxyl groups is 1. The fourth-order valence-electron chi connectivity index (χ4n) is 1.17. The van der Waals surface area contributed by atoms with Crippen LogP contribution < -0.4 is 5.32 Å². The van der Waals surface area contributed by atoms with Gasteiger partial charge in [0.1, 0.15) is 0 Å². The van der Waals surface area contributed by atoms with Crippen molar-refractivity contribution in [3.63, 3.8) is 0 Å². The van der Waals surface area contributed by atoms with E-state index in [-0.39, 0.29) is 17.9 Å². The van der Waals surface area contributed by atoms with E-state index in [1.807, 2.05) is 0 Å². The maximum Gasteiger partial charge on any atom is 0.176 e. The first kappa shape index (κ1) is 10.7. The largest absolute Gasteiger partial charge is 0.505 e. The fraction of sp³-hybridized carbons (Fsp3) is 0.300. The number of phenols is 1. The number of rotatable bonds is 3. The van der Waals surface area contributed by atoms with Crippen LogP contribution >= 0.6 is 0 Å².